The molecule has 8 heteroatoms. The smallest absolute Gasteiger partial charge is 0.272 e. The maximum Gasteiger partial charge on any atom is 0.272 e. The number of nitro benzene ring substituents is 1. The van der Waals surface area contributed by atoms with Crippen molar-refractivity contribution in [3.05, 3.63) is 106 Å². The average Bonchev–Trinajstić information content (AvgIpc) is 2.85. The maximum absolute atomic E-state index is 13.0. The van der Waals surface area contributed by atoms with Gasteiger partial charge < -0.3 is 15.4 Å². The summed E-state index contributed by atoms with van der Waals surface area (Å²) in [5, 5.41) is 16.2. The standard InChI is InChI=1S/C26H25N3O5/c1-2-3-17-34-23-15-9-20(10-16-23)25(30)28-24(18-19-7-5-4-6-8-19)26(31)27-21-11-13-22(14-12-21)29(32)33/h4-16,18H,2-3,17H2,1H3,(H,27,31)(H,28,30)/b24-18+. The van der Waals surface area contributed by atoms with Crippen LogP contribution in [-0.4, -0.2) is 23.3 Å². The van der Waals surface area contributed by atoms with Gasteiger partial charge in [0, 0.05) is 23.4 Å². The third-order valence-electron chi connectivity index (χ3n) is 4.82. The number of carbonyl (C=O) groups excluding carboxylic acids is 2. The summed E-state index contributed by atoms with van der Waals surface area (Å²) in [5.41, 5.74) is 1.38. The third-order valence-corrected chi connectivity index (χ3v) is 4.82. The Balaban J connectivity index is 1.76. The number of hydrogen-bond donors (Lipinski definition) is 2. The lowest BCUT2D eigenvalue weighted by Crippen LogP contribution is -2.30. The number of ether oxygens (including phenoxy) is 1. The first kappa shape index (κ1) is 24.2. The predicted molar refractivity (Wildman–Crippen MR) is 130 cm³/mol. The Kier molecular flexibility index (Phi) is 8.51. The molecule has 0 fully saturated rings. The molecule has 0 heterocycles. The Labute approximate surface area is 197 Å². The number of anilines is 1. The molecule has 0 aromatic heterocycles. The van der Waals surface area contributed by atoms with Crippen LogP contribution in [0, 0.1) is 10.1 Å². The van der Waals surface area contributed by atoms with E-state index < -0.39 is 16.7 Å². The van der Waals surface area contributed by atoms with E-state index in [1.165, 1.54) is 24.3 Å². The SMILES string of the molecule is CCCCOc1ccc(C(=O)N/C(=C/c2ccccc2)C(=O)Nc2ccc([N+](=O)[O-])cc2)cc1. The van der Waals surface area contributed by atoms with Gasteiger partial charge in [0.1, 0.15) is 11.4 Å². The molecule has 3 rings (SSSR count). The normalized spacial score (nSPS) is 10.9. The molecule has 0 spiro atoms. The summed E-state index contributed by atoms with van der Waals surface area (Å²) >= 11 is 0. The van der Waals surface area contributed by atoms with Crippen LogP contribution in [0.15, 0.2) is 84.6 Å². The minimum absolute atomic E-state index is 0.0258. The van der Waals surface area contributed by atoms with Crippen molar-refractivity contribution in [2.45, 2.75) is 19.8 Å². The second-order valence-electron chi connectivity index (χ2n) is 7.41. The number of nitro groups is 1. The van der Waals surface area contributed by atoms with Crippen LogP contribution in [0.3, 0.4) is 0 Å². The van der Waals surface area contributed by atoms with Gasteiger partial charge in [-0.2, -0.15) is 0 Å². The highest BCUT2D eigenvalue weighted by Gasteiger charge is 2.16. The topological polar surface area (TPSA) is 111 Å². The zero-order valence-corrected chi connectivity index (χ0v) is 18.7. The van der Waals surface area contributed by atoms with Gasteiger partial charge in [-0.05, 0) is 54.5 Å². The average molecular weight is 460 g/mol. The molecule has 0 aliphatic heterocycles. The molecule has 174 valence electrons. The van der Waals surface area contributed by atoms with Crippen molar-refractivity contribution in [3.63, 3.8) is 0 Å². The van der Waals surface area contributed by atoms with Crippen molar-refractivity contribution in [1.82, 2.24) is 5.32 Å². The molecule has 0 radical (unpaired) electrons. The number of rotatable bonds is 10. The fraction of sp³-hybridized carbons (Fsp3) is 0.154. The summed E-state index contributed by atoms with van der Waals surface area (Å²) in [6.07, 6.45) is 3.53. The van der Waals surface area contributed by atoms with E-state index in [0.717, 1.165) is 18.4 Å². The van der Waals surface area contributed by atoms with Crippen LogP contribution < -0.4 is 15.4 Å². The Morgan fingerprint density at radius 1 is 0.971 bits per heavy atom. The minimum Gasteiger partial charge on any atom is -0.494 e. The van der Waals surface area contributed by atoms with E-state index in [1.807, 2.05) is 18.2 Å². The van der Waals surface area contributed by atoms with Gasteiger partial charge in [0.2, 0.25) is 0 Å². The lowest BCUT2D eigenvalue weighted by Gasteiger charge is -2.12. The largest absolute Gasteiger partial charge is 0.494 e. The van der Waals surface area contributed by atoms with Crippen LogP contribution in [0.25, 0.3) is 6.08 Å². The summed E-state index contributed by atoms with van der Waals surface area (Å²) in [5.74, 6) is -0.354. The number of nitrogens with one attached hydrogen (secondary N) is 2. The van der Waals surface area contributed by atoms with Gasteiger partial charge in [0.05, 0.1) is 11.5 Å². The van der Waals surface area contributed by atoms with Gasteiger partial charge in [0.25, 0.3) is 17.5 Å². The molecule has 8 nitrogen and oxygen atoms in total. The monoisotopic (exact) mass is 459 g/mol. The number of carbonyl (C=O) groups is 2. The van der Waals surface area contributed by atoms with Gasteiger partial charge in [0.15, 0.2) is 0 Å². The van der Waals surface area contributed by atoms with E-state index >= 15 is 0 Å². The molecule has 0 bridgehead atoms. The predicted octanol–water partition coefficient (Wildman–Crippen LogP) is 5.18. The second-order valence-corrected chi connectivity index (χ2v) is 7.41. The van der Waals surface area contributed by atoms with Gasteiger partial charge >= 0.3 is 0 Å². The van der Waals surface area contributed by atoms with E-state index in [-0.39, 0.29) is 11.4 Å². The molecular weight excluding hydrogens is 434 g/mol. The van der Waals surface area contributed by atoms with E-state index in [0.29, 0.717) is 23.6 Å². The lowest BCUT2D eigenvalue weighted by atomic mass is 10.1. The van der Waals surface area contributed by atoms with Crippen molar-refractivity contribution in [2.75, 3.05) is 11.9 Å². The third kappa shape index (κ3) is 7.03. The van der Waals surface area contributed by atoms with E-state index in [1.54, 1.807) is 42.5 Å². The highest BCUT2D eigenvalue weighted by molar-refractivity contribution is 6.10. The zero-order valence-electron chi connectivity index (χ0n) is 18.7. The van der Waals surface area contributed by atoms with Crippen LogP contribution in [0.1, 0.15) is 35.7 Å². The second kappa shape index (κ2) is 12.0. The maximum atomic E-state index is 13.0. The number of nitrogens with zero attached hydrogens (tertiary/aromatic N) is 1. The zero-order chi connectivity index (χ0) is 24.3. The summed E-state index contributed by atoms with van der Waals surface area (Å²) in [7, 11) is 0. The number of unbranched alkanes of at least 4 members (excludes halogenated alkanes) is 1. The first-order valence-electron chi connectivity index (χ1n) is 10.8. The van der Waals surface area contributed by atoms with Crippen molar-refractivity contribution in [1.29, 1.82) is 0 Å². The summed E-state index contributed by atoms with van der Waals surface area (Å²) in [6.45, 7) is 2.68. The molecule has 0 atom stereocenters. The first-order valence-corrected chi connectivity index (χ1v) is 10.8. The molecule has 0 saturated heterocycles. The van der Waals surface area contributed by atoms with Gasteiger partial charge in [-0.15, -0.1) is 0 Å². The molecular formula is C26H25N3O5. The Hall–Kier alpha value is -4.46. The fourth-order valence-corrected chi connectivity index (χ4v) is 2.97. The van der Waals surface area contributed by atoms with E-state index in [4.69, 9.17) is 4.74 Å². The van der Waals surface area contributed by atoms with E-state index in [9.17, 15) is 19.7 Å². The molecule has 2 N–H and O–H groups in total. The lowest BCUT2D eigenvalue weighted by molar-refractivity contribution is -0.384. The van der Waals surface area contributed by atoms with Gasteiger partial charge in [-0.1, -0.05) is 43.7 Å². The molecule has 0 unspecified atom stereocenters. The summed E-state index contributed by atoms with van der Waals surface area (Å²) in [4.78, 5) is 36.1. The fourth-order valence-electron chi connectivity index (χ4n) is 2.97. The molecule has 2 amide bonds. The number of amides is 2. The van der Waals surface area contributed by atoms with Crippen molar-refractivity contribution < 1.29 is 19.2 Å². The number of non-ortho nitro benzene ring substituents is 1. The molecule has 34 heavy (non-hydrogen) atoms. The quantitative estimate of drug-likeness (QED) is 0.188. The van der Waals surface area contributed by atoms with Crippen LogP contribution >= 0.6 is 0 Å². The molecule has 3 aromatic rings. The molecule has 0 aliphatic carbocycles. The van der Waals surface area contributed by atoms with Crippen LogP contribution in [0.4, 0.5) is 11.4 Å². The highest BCUT2D eigenvalue weighted by atomic mass is 16.6. The molecule has 0 saturated carbocycles. The Morgan fingerprint density at radius 2 is 1.65 bits per heavy atom. The van der Waals surface area contributed by atoms with E-state index in [2.05, 4.69) is 17.6 Å². The van der Waals surface area contributed by atoms with Crippen LogP contribution in [0.5, 0.6) is 5.75 Å². The van der Waals surface area contributed by atoms with Crippen molar-refractivity contribution in [2.24, 2.45) is 0 Å². The number of hydrogen-bond acceptors (Lipinski definition) is 5. The van der Waals surface area contributed by atoms with Crippen LogP contribution in [-0.2, 0) is 4.79 Å². The first-order chi connectivity index (χ1) is 16.5. The van der Waals surface area contributed by atoms with Crippen molar-refractivity contribution in [3.8, 4) is 5.75 Å². The Morgan fingerprint density at radius 3 is 2.26 bits per heavy atom. The summed E-state index contributed by atoms with van der Waals surface area (Å²) < 4.78 is 5.62. The van der Waals surface area contributed by atoms with Crippen LogP contribution in [0.2, 0.25) is 0 Å². The molecule has 0 aliphatic rings. The van der Waals surface area contributed by atoms with Gasteiger partial charge in [-0.3, -0.25) is 19.7 Å². The summed E-state index contributed by atoms with van der Waals surface area (Å²) in [6, 6.07) is 21.2. The Bertz CT molecular complexity index is 1160. The van der Waals surface area contributed by atoms with Gasteiger partial charge in [-0.25, -0.2) is 0 Å². The van der Waals surface area contributed by atoms with Crippen molar-refractivity contribution >= 4 is 29.3 Å². The minimum atomic E-state index is -0.564. The molecule has 3 aromatic carbocycles. The highest BCUT2D eigenvalue weighted by Crippen LogP contribution is 2.17. The number of benzene rings is 3.